The molecule has 1 saturated heterocycles. The van der Waals surface area contributed by atoms with Gasteiger partial charge in [0.15, 0.2) is 0 Å². The van der Waals surface area contributed by atoms with E-state index in [1.54, 1.807) is 0 Å². The van der Waals surface area contributed by atoms with Gasteiger partial charge in [0, 0.05) is 0 Å². The fraction of sp³-hybridized carbons (Fsp3) is 1.00. The van der Waals surface area contributed by atoms with E-state index in [0.717, 1.165) is 0 Å². The molecule has 0 bridgehead atoms. The van der Waals surface area contributed by atoms with Crippen molar-refractivity contribution in [3.05, 3.63) is 0 Å². The summed E-state index contributed by atoms with van der Waals surface area (Å²) in [6.45, 7) is 3.59. The van der Waals surface area contributed by atoms with Crippen LogP contribution in [0.5, 0.6) is 0 Å². The first-order valence-corrected chi connectivity index (χ1v) is 6.06. The third kappa shape index (κ3) is 4.14. The summed E-state index contributed by atoms with van der Waals surface area (Å²) in [5.74, 6) is 0. The van der Waals surface area contributed by atoms with Crippen molar-refractivity contribution < 1.29 is 19.0 Å². The van der Waals surface area contributed by atoms with Crippen molar-refractivity contribution in [2.75, 3.05) is 26.5 Å². The number of ether oxygens (including phenoxy) is 1. The number of hydrogen-bond acceptors (Lipinski definition) is 4. The Morgan fingerprint density at radius 1 is 1.60 bits per heavy atom. The average molecular weight is 168 g/mol. The van der Waals surface area contributed by atoms with Crippen LogP contribution in [0, 0.1) is 0 Å². The second kappa shape index (κ2) is 2.13. The standard InChI is InChI=1S/C5H13O4P/c1-10(2,6,7)9-4-5-3-8-5/h5-7H,3-4H2,1-2H3. The maximum atomic E-state index is 9.17. The molecule has 1 fully saturated rings. The molecule has 0 saturated carbocycles. The Morgan fingerprint density at radius 3 is 2.40 bits per heavy atom. The second-order valence-electron chi connectivity index (χ2n) is 3.12. The zero-order chi connectivity index (χ0) is 7.85. The molecule has 10 heavy (non-hydrogen) atoms. The molecule has 1 heterocycles. The average Bonchev–Trinajstić information content (AvgIpc) is 2.36. The van der Waals surface area contributed by atoms with Crippen LogP contribution >= 0.6 is 7.28 Å². The summed E-state index contributed by atoms with van der Waals surface area (Å²) in [5, 5.41) is 0. The summed E-state index contributed by atoms with van der Waals surface area (Å²) in [5.41, 5.74) is 0. The van der Waals surface area contributed by atoms with Gasteiger partial charge in [0.2, 0.25) is 0 Å². The van der Waals surface area contributed by atoms with E-state index in [2.05, 4.69) is 0 Å². The van der Waals surface area contributed by atoms with Gasteiger partial charge >= 0.3 is 59.0 Å². The minimum absolute atomic E-state index is 0.0840. The van der Waals surface area contributed by atoms with E-state index in [1.807, 2.05) is 0 Å². The van der Waals surface area contributed by atoms with E-state index < -0.39 is 7.28 Å². The van der Waals surface area contributed by atoms with Gasteiger partial charge in [-0.3, -0.25) is 0 Å². The summed E-state index contributed by atoms with van der Waals surface area (Å²) in [4.78, 5) is 18.3. The van der Waals surface area contributed by atoms with E-state index in [0.29, 0.717) is 6.61 Å². The first-order valence-electron chi connectivity index (χ1n) is 3.11. The number of rotatable bonds is 3. The van der Waals surface area contributed by atoms with Crippen molar-refractivity contribution in [2.45, 2.75) is 6.10 Å². The molecule has 0 aliphatic carbocycles. The van der Waals surface area contributed by atoms with E-state index in [-0.39, 0.29) is 12.7 Å². The maximum absolute atomic E-state index is 9.17. The fourth-order valence-electron chi connectivity index (χ4n) is 0.463. The second-order valence-corrected chi connectivity index (χ2v) is 7.10. The zero-order valence-electron chi connectivity index (χ0n) is 6.15. The van der Waals surface area contributed by atoms with Crippen molar-refractivity contribution in [2.24, 2.45) is 0 Å². The molecule has 1 unspecified atom stereocenters. The first-order chi connectivity index (χ1) is 4.33. The van der Waals surface area contributed by atoms with Crippen LogP contribution in [0.1, 0.15) is 0 Å². The molecule has 1 rings (SSSR count). The Bertz CT molecular complexity index is 125. The molecule has 0 aromatic carbocycles. The molecule has 2 N–H and O–H groups in total. The van der Waals surface area contributed by atoms with Crippen LogP contribution in [-0.2, 0) is 9.26 Å². The molecule has 4 nitrogen and oxygen atoms in total. The summed E-state index contributed by atoms with van der Waals surface area (Å²) in [6, 6.07) is 0. The van der Waals surface area contributed by atoms with E-state index in [9.17, 15) is 0 Å². The van der Waals surface area contributed by atoms with Gasteiger partial charge in [0.05, 0.1) is 0 Å². The third-order valence-corrected chi connectivity index (χ3v) is 1.93. The fourth-order valence-corrected chi connectivity index (χ4v) is 1.06. The molecule has 62 valence electrons. The molecular formula is C5H13O4P. The Labute approximate surface area is 59.9 Å². The third-order valence-electron chi connectivity index (χ3n) is 1.04. The van der Waals surface area contributed by atoms with Gasteiger partial charge < -0.3 is 0 Å². The zero-order valence-corrected chi connectivity index (χ0v) is 7.04. The Morgan fingerprint density at radius 2 is 2.10 bits per heavy atom. The topological polar surface area (TPSA) is 62.2 Å². The van der Waals surface area contributed by atoms with Crippen molar-refractivity contribution in [1.82, 2.24) is 0 Å². The number of epoxide rings is 1. The molecule has 1 aliphatic heterocycles. The quantitative estimate of drug-likeness (QED) is 0.458. The van der Waals surface area contributed by atoms with Crippen molar-refractivity contribution in [3.8, 4) is 0 Å². The Balaban J connectivity index is 2.22. The van der Waals surface area contributed by atoms with Crippen LogP contribution in [0.2, 0.25) is 0 Å². The predicted octanol–water partition coefficient (Wildman–Crippen LogP) is -0.0557. The van der Waals surface area contributed by atoms with Gasteiger partial charge in [-0.15, -0.1) is 0 Å². The Kier molecular flexibility index (Phi) is 1.78. The van der Waals surface area contributed by atoms with Crippen molar-refractivity contribution >= 4 is 7.28 Å². The van der Waals surface area contributed by atoms with Crippen LogP contribution < -0.4 is 0 Å². The van der Waals surface area contributed by atoms with E-state index >= 15 is 0 Å². The predicted molar refractivity (Wildman–Crippen MR) is 38.9 cm³/mol. The summed E-state index contributed by atoms with van der Waals surface area (Å²) < 4.78 is 9.68. The molecular weight excluding hydrogens is 155 g/mol. The molecule has 0 radical (unpaired) electrons. The molecule has 0 aromatic rings. The first kappa shape index (κ1) is 8.37. The molecule has 1 atom stereocenters. The molecule has 0 aromatic heterocycles. The van der Waals surface area contributed by atoms with Crippen molar-refractivity contribution in [1.29, 1.82) is 0 Å². The van der Waals surface area contributed by atoms with Crippen LogP contribution in [-0.4, -0.2) is 42.4 Å². The van der Waals surface area contributed by atoms with Gasteiger partial charge in [-0.05, 0) is 0 Å². The van der Waals surface area contributed by atoms with Crippen LogP contribution in [0.3, 0.4) is 0 Å². The van der Waals surface area contributed by atoms with Gasteiger partial charge in [0.1, 0.15) is 0 Å². The summed E-state index contributed by atoms with van der Waals surface area (Å²) in [7, 11) is -3.71. The van der Waals surface area contributed by atoms with E-state index in [1.165, 1.54) is 13.3 Å². The van der Waals surface area contributed by atoms with Crippen LogP contribution in [0.4, 0.5) is 0 Å². The van der Waals surface area contributed by atoms with Gasteiger partial charge in [-0.25, -0.2) is 0 Å². The summed E-state index contributed by atoms with van der Waals surface area (Å²) >= 11 is 0. The normalized spacial score (nSPS) is 29.2. The van der Waals surface area contributed by atoms with Gasteiger partial charge in [0.25, 0.3) is 0 Å². The van der Waals surface area contributed by atoms with E-state index in [4.69, 9.17) is 19.0 Å². The molecule has 5 heteroatoms. The molecule has 0 amide bonds. The molecule has 0 spiro atoms. The van der Waals surface area contributed by atoms with Crippen molar-refractivity contribution in [3.63, 3.8) is 0 Å². The van der Waals surface area contributed by atoms with Crippen LogP contribution in [0.15, 0.2) is 0 Å². The molecule has 1 aliphatic rings. The monoisotopic (exact) mass is 168 g/mol. The summed E-state index contributed by atoms with van der Waals surface area (Å²) in [6.07, 6.45) is 0.0840. The van der Waals surface area contributed by atoms with Gasteiger partial charge in [-0.1, -0.05) is 0 Å². The van der Waals surface area contributed by atoms with Crippen LogP contribution in [0.25, 0.3) is 0 Å². The van der Waals surface area contributed by atoms with Gasteiger partial charge in [-0.2, -0.15) is 0 Å². The number of hydrogen-bond donors (Lipinski definition) is 2. The SMILES string of the molecule is CP(C)(O)(O)OCC1CO1. The minimum atomic E-state index is -3.71. The Hall–Kier alpha value is 0.270.